The van der Waals surface area contributed by atoms with Gasteiger partial charge >= 0.3 is 5.97 Å². The van der Waals surface area contributed by atoms with Gasteiger partial charge in [-0.05, 0) is 13.0 Å². The van der Waals surface area contributed by atoms with Crippen LogP contribution in [0.15, 0.2) is 11.7 Å². The Kier molecular flexibility index (Phi) is 4.47. The third-order valence-electron chi connectivity index (χ3n) is 2.89. The van der Waals surface area contributed by atoms with Crippen LogP contribution < -0.4 is 5.32 Å². The molecule has 1 aliphatic rings. The van der Waals surface area contributed by atoms with E-state index in [-0.39, 0.29) is 12.0 Å². The fraction of sp³-hybridized carbons (Fsp3) is 0.636. The summed E-state index contributed by atoms with van der Waals surface area (Å²) >= 11 is 1.50. The minimum Gasteiger partial charge on any atom is -0.468 e. The second-order valence-corrected chi connectivity index (χ2v) is 4.89. The molecule has 2 heterocycles. The summed E-state index contributed by atoms with van der Waals surface area (Å²) in [5.74, 6) is -0.198. The van der Waals surface area contributed by atoms with Gasteiger partial charge in [-0.3, -0.25) is 9.88 Å². The standard InChI is InChI=1S/C11H17N3O2S/c1-16-11(15)10(9-7-13-8-17-9)14-5-2-3-12-4-6-14/h7-8,10,12H,2-6H2,1H3. The van der Waals surface area contributed by atoms with Crippen LogP contribution in [0.1, 0.15) is 17.3 Å². The molecule has 0 radical (unpaired) electrons. The molecule has 0 bridgehead atoms. The first kappa shape index (κ1) is 12.5. The van der Waals surface area contributed by atoms with Crippen LogP contribution in [0.2, 0.25) is 0 Å². The summed E-state index contributed by atoms with van der Waals surface area (Å²) in [6.45, 7) is 3.68. The van der Waals surface area contributed by atoms with Gasteiger partial charge in [-0.25, -0.2) is 4.79 Å². The molecule has 0 saturated carbocycles. The van der Waals surface area contributed by atoms with Crippen molar-refractivity contribution in [3.8, 4) is 0 Å². The van der Waals surface area contributed by atoms with Crippen LogP contribution in [0.25, 0.3) is 0 Å². The van der Waals surface area contributed by atoms with Gasteiger partial charge in [0.1, 0.15) is 6.04 Å². The zero-order valence-corrected chi connectivity index (χ0v) is 10.7. The molecule has 0 amide bonds. The van der Waals surface area contributed by atoms with Gasteiger partial charge in [0, 0.05) is 25.8 Å². The number of aromatic nitrogens is 1. The average Bonchev–Trinajstić information content (AvgIpc) is 2.73. The van der Waals surface area contributed by atoms with Crippen molar-refractivity contribution in [2.24, 2.45) is 0 Å². The van der Waals surface area contributed by atoms with E-state index in [9.17, 15) is 4.79 Å². The summed E-state index contributed by atoms with van der Waals surface area (Å²) in [5, 5.41) is 3.33. The predicted octanol–water partition coefficient (Wildman–Crippen LogP) is 0.652. The van der Waals surface area contributed by atoms with E-state index in [1.807, 2.05) is 0 Å². The Morgan fingerprint density at radius 3 is 3.18 bits per heavy atom. The highest BCUT2D eigenvalue weighted by atomic mass is 32.1. The summed E-state index contributed by atoms with van der Waals surface area (Å²) in [7, 11) is 1.44. The Balaban J connectivity index is 2.17. The van der Waals surface area contributed by atoms with E-state index >= 15 is 0 Å². The van der Waals surface area contributed by atoms with E-state index in [1.54, 1.807) is 11.7 Å². The molecule has 1 atom stereocenters. The number of nitrogens with zero attached hydrogens (tertiary/aromatic N) is 2. The summed E-state index contributed by atoms with van der Waals surface area (Å²) in [4.78, 5) is 19.1. The van der Waals surface area contributed by atoms with Gasteiger partial charge in [-0.1, -0.05) is 0 Å². The molecular weight excluding hydrogens is 238 g/mol. The van der Waals surface area contributed by atoms with Crippen molar-refractivity contribution in [2.45, 2.75) is 12.5 Å². The van der Waals surface area contributed by atoms with Gasteiger partial charge in [0.05, 0.1) is 17.5 Å². The lowest BCUT2D eigenvalue weighted by molar-refractivity contribution is -0.147. The van der Waals surface area contributed by atoms with Crippen LogP contribution in [-0.4, -0.2) is 49.1 Å². The lowest BCUT2D eigenvalue weighted by atomic mass is 10.2. The number of thiazole rings is 1. The lowest BCUT2D eigenvalue weighted by Gasteiger charge is -2.27. The van der Waals surface area contributed by atoms with Crippen molar-refractivity contribution in [2.75, 3.05) is 33.3 Å². The summed E-state index contributed by atoms with van der Waals surface area (Å²) in [5.41, 5.74) is 1.75. The molecule has 1 fully saturated rings. The first-order valence-corrected chi connectivity index (χ1v) is 6.62. The number of methoxy groups -OCH3 is 1. The Morgan fingerprint density at radius 2 is 2.47 bits per heavy atom. The third kappa shape index (κ3) is 3.02. The second kappa shape index (κ2) is 6.09. The molecule has 1 aromatic rings. The zero-order chi connectivity index (χ0) is 12.1. The van der Waals surface area contributed by atoms with E-state index < -0.39 is 0 Å². The maximum Gasteiger partial charge on any atom is 0.328 e. The molecule has 1 saturated heterocycles. The van der Waals surface area contributed by atoms with Crippen LogP contribution in [0.3, 0.4) is 0 Å². The molecule has 1 aliphatic heterocycles. The number of ether oxygens (including phenoxy) is 1. The molecule has 1 N–H and O–H groups in total. The topological polar surface area (TPSA) is 54.5 Å². The number of rotatable bonds is 3. The Hall–Kier alpha value is -0.980. The number of hydrogen-bond acceptors (Lipinski definition) is 6. The fourth-order valence-electron chi connectivity index (χ4n) is 2.04. The molecular formula is C11H17N3O2S. The predicted molar refractivity (Wildman–Crippen MR) is 65.9 cm³/mol. The van der Waals surface area contributed by atoms with E-state index in [0.29, 0.717) is 0 Å². The molecule has 0 aliphatic carbocycles. The minimum atomic E-state index is -0.299. The smallest absolute Gasteiger partial charge is 0.328 e. The first-order valence-electron chi connectivity index (χ1n) is 5.74. The van der Waals surface area contributed by atoms with Crippen molar-refractivity contribution in [3.63, 3.8) is 0 Å². The molecule has 17 heavy (non-hydrogen) atoms. The third-order valence-corrected chi connectivity index (χ3v) is 3.71. The van der Waals surface area contributed by atoms with Gasteiger partial charge in [-0.2, -0.15) is 0 Å². The highest BCUT2D eigenvalue weighted by Gasteiger charge is 2.30. The maximum atomic E-state index is 11.9. The molecule has 1 unspecified atom stereocenters. The van der Waals surface area contributed by atoms with Crippen LogP contribution in [-0.2, 0) is 9.53 Å². The molecule has 2 rings (SSSR count). The number of nitrogens with one attached hydrogen (secondary N) is 1. The van der Waals surface area contributed by atoms with Gasteiger partial charge in [-0.15, -0.1) is 11.3 Å². The molecule has 0 spiro atoms. The fourth-order valence-corrected chi connectivity index (χ4v) is 2.78. The largest absolute Gasteiger partial charge is 0.468 e. The number of hydrogen-bond donors (Lipinski definition) is 1. The summed E-state index contributed by atoms with van der Waals surface area (Å²) < 4.78 is 4.91. The number of esters is 1. The lowest BCUT2D eigenvalue weighted by Crippen LogP contribution is -2.36. The van der Waals surface area contributed by atoms with Crippen molar-refractivity contribution in [1.82, 2.24) is 15.2 Å². The molecule has 0 aromatic carbocycles. The first-order chi connectivity index (χ1) is 8.33. The zero-order valence-electron chi connectivity index (χ0n) is 9.89. The average molecular weight is 255 g/mol. The van der Waals surface area contributed by atoms with Crippen molar-refractivity contribution < 1.29 is 9.53 Å². The summed E-state index contributed by atoms with van der Waals surface area (Å²) in [6.07, 6.45) is 2.80. The molecule has 1 aromatic heterocycles. The monoisotopic (exact) mass is 255 g/mol. The van der Waals surface area contributed by atoms with Crippen molar-refractivity contribution in [3.05, 3.63) is 16.6 Å². The second-order valence-electron chi connectivity index (χ2n) is 3.97. The highest BCUT2D eigenvalue weighted by molar-refractivity contribution is 7.09. The van der Waals surface area contributed by atoms with E-state index in [1.165, 1.54) is 18.4 Å². The van der Waals surface area contributed by atoms with Crippen molar-refractivity contribution in [1.29, 1.82) is 0 Å². The number of carbonyl (C=O) groups is 1. The van der Waals surface area contributed by atoms with Gasteiger partial charge in [0.2, 0.25) is 0 Å². The van der Waals surface area contributed by atoms with Crippen molar-refractivity contribution >= 4 is 17.3 Å². The molecule has 6 heteroatoms. The molecule has 5 nitrogen and oxygen atoms in total. The minimum absolute atomic E-state index is 0.198. The Bertz CT molecular complexity index is 348. The molecule has 94 valence electrons. The van der Waals surface area contributed by atoms with Crippen LogP contribution in [0.4, 0.5) is 0 Å². The SMILES string of the molecule is COC(=O)C(c1cncs1)N1CCCNCC1. The van der Waals surface area contributed by atoms with E-state index in [2.05, 4.69) is 15.2 Å². The Morgan fingerprint density at radius 1 is 1.59 bits per heavy atom. The quantitative estimate of drug-likeness (QED) is 0.804. The summed E-state index contributed by atoms with van der Waals surface area (Å²) in [6, 6.07) is -0.299. The Labute approximate surface area is 105 Å². The van der Waals surface area contributed by atoms with Gasteiger partial charge in [0.15, 0.2) is 0 Å². The van der Waals surface area contributed by atoms with Gasteiger partial charge in [0.25, 0.3) is 0 Å². The normalized spacial score (nSPS) is 19.6. The highest BCUT2D eigenvalue weighted by Crippen LogP contribution is 2.25. The van der Waals surface area contributed by atoms with Crippen LogP contribution in [0.5, 0.6) is 0 Å². The van der Waals surface area contributed by atoms with E-state index in [0.717, 1.165) is 37.5 Å². The van der Waals surface area contributed by atoms with Crippen LogP contribution in [0, 0.1) is 0 Å². The van der Waals surface area contributed by atoms with Crippen LogP contribution >= 0.6 is 11.3 Å². The maximum absolute atomic E-state index is 11.9. The number of carbonyl (C=O) groups excluding carboxylic acids is 1. The van der Waals surface area contributed by atoms with E-state index in [4.69, 9.17) is 4.74 Å². The van der Waals surface area contributed by atoms with Gasteiger partial charge < -0.3 is 10.1 Å².